The Morgan fingerprint density at radius 2 is 2.25 bits per heavy atom. The number of aromatic nitrogens is 3. The molecule has 7 heteroatoms. The van der Waals surface area contributed by atoms with Crippen molar-refractivity contribution >= 4 is 11.6 Å². The molecule has 0 aliphatic carbocycles. The van der Waals surface area contributed by atoms with Crippen LogP contribution in [-0.2, 0) is 6.54 Å². The van der Waals surface area contributed by atoms with Crippen LogP contribution in [0.1, 0.15) is 5.56 Å². The Morgan fingerprint density at radius 1 is 1.40 bits per heavy atom. The van der Waals surface area contributed by atoms with Crippen molar-refractivity contribution in [1.82, 2.24) is 14.7 Å². The highest BCUT2D eigenvalue weighted by atomic mass is 35.5. The van der Waals surface area contributed by atoms with Crippen molar-refractivity contribution in [3.63, 3.8) is 0 Å². The molecule has 0 aliphatic rings. The Hall–Kier alpha value is -2.34. The third-order valence-electron chi connectivity index (χ3n) is 2.85. The number of nitrogens with zero attached hydrogens (tertiary/aromatic N) is 2. The first-order chi connectivity index (χ1) is 9.63. The Morgan fingerprint density at radius 3 is 2.85 bits per heavy atom. The fraction of sp³-hybridized carbons (Fsp3) is 0.0769. The molecule has 0 amide bonds. The molecule has 3 aromatic rings. The summed E-state index contributed by atoms with van der Waals surface area (Å²) in [6, 6.07) is 4.08. The number of aromatic amines is 1. The maximum Gasteiger partial charge on any atom is 0.280 e. The number of imidazole rings is 1. The van der Waals surface area contributed by atoms with Crippen molar-refractivity contribution < 1.29 is 8.91 Å². The molecule has 0 bridgehead atoms. The third kappa shape index (κ3) is 2.37. The largest absolute Gasteiger partial charge is 0.378 e. The fourth-order valence-electron chi connectivity index (χ4n) is 1.88. The van der Waals surface area contributed by atoms with Crippen LogP contribution in [0.4, 0.5) is 4.39 Å². The Labute approximate surface area is 117 Å². The van der Waals surface area contributed by atoms with Gasteiger partial charge in [0.2, 0.25) is 0 Å². The molecule has 0 aliphatic heterocycles. The molecule has 2 heterocycles. The van der Waals surface area contributed by atoms with E-state index in [0.29, 0.717) is 11.1 Å². The lowest BCUT2D eigenvalue weighted by molar-refractivity contribution is 0.425. The molecule has 0 unspecified atom stereocenters. The van der Waals surface area contributed by atoms with Crippen molar-refractivity contribution in [1.29, 1.82) is 0 Å². The molecule has 5 nitrogen and oxygen atoms in total. The van der Waals surface area contributed by atoms with E-state index in [-0.39, 0.29) is 22.9 Å². The predicted octanol–water partition coefficient (Wildman–Crippen LogP) is 2.67. The summed E-state index contributed by atoms with van der Waals surface area (Å²) in [6.07, 6.45) is 4.90. The van der Waals surface area contributed by atoms with E-state index < -0.39 is 5.82 Å². The van der Waals surface area contributed by atoms with Crippen LogP contribution < -0.4 is 5.56 Å². The molecule has 0 atom stereocenters. The van der Waals surface area contributed by atoms with Crippen LogP contribution in [-0.4, -0.2) is 14.7 Å². The van der Waals surface area contributed by atoms with Crippen molar-refractivity contribution in [3.05, 3.63) is 63.7 Å². The molecule has 1 N–H and O–H groups in total. The van der Waals surface area contributed by atoms with E-state index in [1.807, 2.05) is 0 Å². The number of rotatable bonds is 3. The molecule has 0 saturated carbocycles. The van der Waals surface area contributed by atoms with Gasteiger partial charge in [-0.15, -0.1) is 0 Å². The highest BCUT2D eigenvalue weighted by Crippen LogP contribution is 2.28. The van der Waals surface area contributed by atoms with Gasteiger partial charge in [0.25, 0.3) is 5.56 Å². The molecule has 20 heavy (non-hydrogen) atoms. The van der Waals surface area contributed by atoms with Gasteiger partial charge in [0.1, 0.15) is 5.82 Å². The van der Waals surface area contributed by atoms with E-state index in [9.17, 15) is 9.18 Å². The van der Waals surface area contributed by atoms with E-state index in [0.717, 1.165) is 0 Å². The second kappa shape index (κ2) is 4.97. The molecule has 102 valence electrons. The van der Waals surface area contributed by atoms with Crippen LogP contribution in [0.2, 0.25) is 5.02 Å². The van der Waals surface area contributed by atoms with Gasteiger partial charge in [-0.3, -0.25) is 4.79 Å². The van der Waals surface area contributed by atoms with Gasteiger partial charge in [0.15, 0.2) is 5.76 Å². The van der Waals surface area contributed by atoms with Gasteiger partial charge in [-0.2, -0.15) is 5.16 Å². The second-order valence-electron chi connectivity index (χ2n) is 4.23. The normalized spacial score (nSPS) is 10.9. The van der Waals surface area contributed by atoms with Gasteiger partial charge < -0.3 is 9.09 Å². The summed E-state index contributed by atoms with van der Waals surface area (Å²) in [5.74, 6) is -0.227. The summed E-state index contributed by atoms with van der Waals surface area (Å²) < 4.78 is 20.8. The van der Waals surface area contributed by atoms with Crippen LogP contribution in [0.5, 0.6) is 0 Å². The van der Waals surface area contributed by atoms with Gasteiger partial charge in [0.05, 0.1) is 18.9 Å². The van der Waals surface area contributed by atoms with Crippen molar-refractivity contribution in [2.45, 2.75) is 6.54 Å². The summed E-state index contributed by atoms with van der Waals surface area (Å²) in [7, 11) is 0. The van der Waals surface area contributed by atoms with E-state index in [2.05, 4.69) is 10.1 Å². The summed E-state index contributed by atoms with van der Waals surface area (Å²) in [4.78, 5) is 14.9. The first-order valence-electron chi connectivity index (χ1n) is 5.76. The summed E-state index contributed by atoms with van der Waals surface area (Å²) in [5, 5.41) is 2.41. The lowest BCUT2D eigenvalue weighted by Gasteiger charge is -2.08. The van der Waals surface area contributed by atoms with Gasteiger partial charge in [0, 0.05) is 28.5 Å². The van der Waals surface area contributed by atoms with Crippen LogP contribution in [0.15, 0.2) is 46.2 Å². The quantitative estimate of drug-likeness (QED) is 0.807. The molecule has 1 aromatic carbocycles. The zero-order valence-electron chi connectivity index (χ0n) is 10.1. The first kappa shape index (κ1) is 12.7. The zero-order valence-corrected chi connectivity index (χ0v) is 10.9. The van der Waals surface area contributed by atoms with Gasteiger partial charge in [-0.1, -0.05) is 11.6 Å². The molecule has 0 saturated heterocycles. The Bertz CT molecular complexity index is 769. The maximum atomic E-state index is 14.1. The van der Waals surface area contributed by atoms with Crippen LogP contribution in [0.3, 0.4) is 0 Å². The smallest absolute Gasteiger partial charge is 0.280 e. The summed E-state index contributed by atoms with van der Waals surface area (Å²) >= 11 is 6.10. The number of nitrogens with one attached hydrogen (secondary N) is 1. The van der Waals surface area contributed by atoms with Crippen molar-refractivity contribution in [2.24, 2.45) is 0 Å². The third-order valence-corrected chi connectivity index (χ3v) is 3.19. The van der Waals surface area contributed by atoms with Crippen molar-refractivity contribution in [2.75, 3.05) is 0 Å². The van der Waals surface area contributed by atoms with Crippen LogP contribution in [0.25, 0.3) is 11.3 Å². The molecule has 2 aromatic heterocycles. The number of hydrogen-bond donors (Lipinski definition) is 1. The van der Waals surface area contributed by atoms with E-state index in [4.69, 9.17) is 16.1 Å². The molecule has 0 fully saturated rings. The van der Waals surface area contributed by atoms with Crippen LogP contribution >= 0.6 is 11.6 Å². The predicted molar refractivity (Wildman–Crippen MR) is 71.1 cm³/mol. The number of hydrogen-bond acceptors (Lipinski definition) is 3. The van der Waals surface area contributed by atoms with E-state index in [1.165, 1.54) is 12.1 Å². The van der Waals surface area contributed by atoms with Gasteiger partial charge >= 0.3 is 0 Å². The highest BCUT2D eigenvalue weighted by Gasteiger charge is 2.13. The average molecular weight is 294 g/mol. The monoisotopic (exact) mass is 293 g/mol. The first-order valence-corrected chi connectivity index (χ1v) is 6.14. The topological polar surface area (TPSA) is 63.8 Å². The zero-order chi connectivity index (χ0) is 14.1. The van der Waals surface area contributed by atoms with Gasteiger partial charge in [-0.25, -0.2) is 9.37 Å². The van der Waals surface area contributed by atoms with Crippen molar-refractivity contribution in [3.8, 4) is 11.3 Å². The average Bonchev–Trinajstić information content (AvgIpc) is 3.05. The summed E-state index contributed by atoms with van der Waals surface area (Å²) in [6.45, 7) is 0.280. The van der Waals surface area contributed by atoms with Gasteiger partial charge in [-0.05, 0) is 12.1 Å². The van der Waals surface area contributed by atoms with E-state index >= 15 is 0 Å². The number of halogens is 2. The Balaban J connectivity index is 2.00. The number of H-pyrrole nitrogens is 1. The maximum absolute atomic E-state index is 14.1. The molecule has 3 rings (SSSR count). The standard InChI is InChI=1S/C13H9ClFN3O2/c14-10-3-8(12-5-13(19)17-20-12)4-11(15)9(10)6-18-2-1-16-7-18/h1-5,7H,6H2,(H,17,19). The molecule has 0 spiro atoms. The number of benzene rings is 1. The second-order valence-corrected chi connectivity index (χ2v) is 4.64. The minimum absolute atomic E-state index is 0.241. The SMILES string of the molecule is O=c1cc(-c2cc(F)c(Cn3ccnc3)c(Cl)c2)o[nH]1. The highest BCUT2D eigenvalue weighted by molar-refractivity contribution is 6.31. The fourth-order valence-corrected chi connectivity index (χ4v) is 2.15. The molecular weight excluding hydrogens is 285 g/mol. The van der Waals surface area contributed by atoms with E-state index in [1.54, 1.807) is 29.4 Å². The lowest BCUT2D eigenvalue weighted by atomic mass is 10.1. The molecule has 0 radical (unpaired) electrons. The summed E-state index contributed by atoms with van der Waals surface area (Å²) in [5.41, 5.74) is 0.366. The Kier molecular flexibility index (Phi) is 3.15. The van der Waals surface area contributed by atoms with Crippen LogP contribution in [0, 0.1) is 5.82 Å². The minimum atomic E-state index is -0.468. The minimum Gasteiger partial charge on any atom is -0.378 e. The lowest BCUT2D eigenvalue weighted by Crippen LogP contribution is -2.01. The molecular formula is C13H9ClFN3O2.